The zero-order valence-electron chi connectivity index (χ0n) is 18.4. The molecule has 0 radical (unpaired) electrons. The number of benzene rings is 3. The fraction of sp³-hybridized carbons (Fsp3) is 0.429. The minimum Gasteiger partial charge on any atom is -0.507 e. The van der Waals surface area contributed by atoms with E-state index in [0.717, 1.165) is 34.1 Å². The van der Waals surface area contributed by atoms with E-state index in [0.29, 0.717) is 17.6 Å². The van der Waals surface area contributed by atoms with E-state index in [1.54, 1.807) is 14.2 Å². The number of rotatable bonds is 2. The summed E-state index contributed by atoms with van der Waals surface area (Å²) in [4.78, 5) is 0. The van der Waals surface area contributed by atoms with Gasteiger partial charge in [0.1, 0.15) is 17.2 Å². The van der Waals surface area contributed by atoms with Gasteiger partial charge in [0, 0.05) is 5.39 Å². The highest BCUT2D eigenvalue weighted by molar-refractivity contribution is 6.04. The van der Waals surface area contributed by atoms with Crippen LogP contribution in [0.15, 0.2) is 42.5 Å². The monoisotopic (exact) mass is 414 g/mol. The molecule has 160 valence electrons. The normalized spacial score (nSPS) is 26.4. The molecule has 0 heterocycles. The molecule has 0 spiro atoms. The number of hydrogen-bond acceptors (Lipinski definition) is 3. The fourth-order valence-electron chi connectivity index (χ4n) is 6.90. The summed E-state index contributed by atoms with van der Waals surface area (Å²) in [6.07, 6.45) is 8.00. The topological polar surface area (TPSA) is 38.7 Å². The summed E-state index contributed by atoms with van der Waals surface area (Å²) in [7, 11) is 3.43. The maximum Gasteiger partial charge on any atom is 0.123 e. The van der Waals surface area contributed by atoms with Crippen molar-refractivity contribution in [2.45, 2.75) is 50.4 Å². The predicted molar refractivity (Wildman–Crippen MR) is 124 cm³/mol. The maximum atomic E-state index is 11.0. The lowest BCUT2D eigenvalue weighted by Gasteiger charge is -2.47. The molecule has 0 aromatic heterocycles. The van der Waals surface area contributed by atoms with Crippen molar-refractivity contribution >= 4 is 10.8 Å². The molecular formula is C28H30O3. The van der Waals surface area contributed by atoms with Gasteiger partial charge in [0.05, 0.1) is 14.2 Å². The van der Waals surface area contributed by atoms with E-state index in [2.05, 4.69) is 30.3 Å². The second-order valence-electron chi connectivity index (χ2n) is 9.71. The van der Waals surface area contributed by atoms with Gasteiger partial charge in [-0.2, -0.15) is 0 Å². The third kappa shape index (κ3) is 2.86. The van der Waals surface area contributed by atoms with Crippen LogP contribution >= 0.6 is 0 Å². The Morgan fingerprint density at radius 2 is 1.39 bits per heavy atom. The first-order valence-corrected chi connectivity index (χ1v) is 11.7. The van der Waals surface area contributed by atoms with Gasteiger partial charge in [0.2, 0.25) is 0 Å². The average molecular weight is 415 g/mol. The Hall–Kier alpha value is -2.68. The highest BCUT2D eigenvalue weighted by Crippen LogP contribution is 2.60. The Bertz CT molecular complexity index is 1160. The van der Waals surface area contributed by atoms with Crippen molar-refractivity contribution in [1.29, 1.82) is 0 Å². The number of hydrogen-bond donors (Lipinski definition) is 1. The number of methoxy groups -OCH3 is 2. The van der Waals surface area contributed by atoms with Crippen LogP contribution in [0.5, 0.6) is 17.2 Å². The summed E-state index contributed by atoms with van der Waals surface area (Å²) in [6.45, 7) is 0. The molecule has 0 amide bonds. The molecule has 31 heavy (non-hydrogen) atoms. The molecule has 0 aliphatic heterocycles. The highest BCUT2D eigenvalue weighted by Gasteiger charge is 2.43. The molecule has 0 saturated heterocycles. The molecule has 3 aliphatic carbocycles. The Morgan fingerprint density at radius 3 is 2.10 bits per heavy atom. The quantitative estimate of drug-likeness (QED) is 0.490. The van der Waals surface area contributed by atoms with E-state index in [9.17, 15) is 5.11 Å². The Labute approximate surface area is 184 Å². The summed E-state index contributed by atoms with van der Waals surface area (Å²) in [5.41, 5.74) is 5.37. The standard InChI is InChI=1S/C28H30O3/c1-30-18-7-9-20-24(13-18)22-11-16-5-3-4-6-17(16)12-23(22)26-15-27(29)25-14-19(31-2)8-10-21(25)28(20)26/h7-10,13-17,22-23,29H,3-6,11-12H2,1-2H3. The van der Waals surface area contributed by atoms with Crippen LogP contribution in [-0.4, -0.2) is 19.3 Å². The van der Waals surface area contributed by atoms with E-state index in [-0.39, 0.29) is 0 Å². The van der Waals surface area contributed by atoms with Crippen molar-refractivity contribution in [2.75, 3.05) is 14.2 Å². The number of fused-ring (bicyclic) bond motifs is 9. The first kappa shape index (κ1) is 19.0. The SMILES string of the molecule is COc1ccc2c(c1)C1CC3CCCCC3CC1c1cc(O)c3cc(OC)ccc3c1-2. The van der Waals surface area contributed by atoms with Crippen LogP contribution in [0.3, 0.4) is 0 Å². The fourth-order valence-corrected chi connectivity index (χ4v) is 6.90. The number of aromatic hydroxyl groups is 1. The summed E-state index contributed by atoms with van der Waals surface area (Å²) in [5.74, 6) is 4.72. The third-order valence-electron chi connectivity index (χ3n) is 8.35. The molecule has 4 unspecified atom stereocenters. The number of phenols is 1. The molecule has 4 atom stereocenters. The Kier molecular flexibility index (Phi) is 4.41. The van der Waals surface area contributed by atoms with Crippen molar-refractivity contribution in [3.63, 3.8) is 0 Å². The summed E-state index contributed by atoms with van der Waals surface area (Å²) < 4.78 is 11.1. The lowest BCUT2D eigenvalue weighted by molar-refractivity contribution is 0.137. The minimum atomic E-state index is 0.370. The van der Waals surface area contributed by atoms with Crippen LogP contribution < -0.4 is 9.47 Å². The van der Waals surface area contributed by atoms with Gasteiger partial charge in [-0.15, -0.1) is 0 Å². The zero-order chi connectivity index (χ0) is 21.1. The molecular weight excluding hydrogens is 384 g/mol. The zero-order valence-corrected chi connectivity index (χ0v) is 18.4. The second kappa shape index (κ2) is 7.19. The lowest BCUT2D eigenvalue weighted by atomic mass is 9.57. The Morgan fingerprint density at radius 1 is 0.742 bits per heavy atom. The van der Waals surface area contributed by atoms with Crippen molar-refractivity contribution in [2.24, 2.45) is 11.8 Å². The summed E-state index contributed by atoms with van der Waals surface area (Å²) >= 11 is 0. The summed E-state index contributed by atoms with van der Waals surface area (Å²) in [6, 6.07) is 14.7. The molecule has 3 aliphatic rings. The summed E-state index contributed by atoms with van der Waals surface area (Å²) in [5, 5.41) is 13.0. The smallest absolute Gasteiger partial charge is 0.123 e. The molecule has 3 nitrogen and oxygen atoms in total. The van der Waals surface area contributed by atoms with Gasteiger partial charge in [0.25, 0.3) is 0 Å². The third-order valence-corrected chi connectivity index (χ3v) is 8.35. The Balaban J connectivity index is 1.61. The van der Waals surface area contributed by atoms with Crippen LogP contribution in [0, 0.1) is 11.8 Å². The second-order valence-corrected chi connectivity index (χ2v) is 9.71. The van der Waals surface area contributed by atoms with E-state index < -0.39 is 0 Å². The molecule has 3 aromatic carbocycles. The van der Waals surface area contributed by atoms with Crippen molar-refractivity contribution in [1.82, 2.24) is 0 Å². The van der Waals surface area contributed by atoms with Crippen LogP contribution in [0.4, 0.5) is 0 Å². The maximum absolute atomic E-state index is 11.0. The van der Waals surface area contributed by atoms with Crippen molar-refractivity contribution in [3.8, 4) is 28.4 Å². The van der Waals surface area contributed by atoms with Gasteiger partial charge in [-0.1, -0.05) is 31.7 Å². The molecule has 2 saturated carbocycles. The molecule has 0 bridgehead atoms. The first-order chi connectivity index (χ1) is 15.2. The molecule has 6 rings (SSSR count). The van der Waals surface area contributed by atoms with Gasteiger partial charge < -0.3 is 14.6 Å². The largest absolute Gasteiger partial charge is 0.507 e. The minimum absolute atomic E-state index is 0.370. The van der Waals surface area contributed by atoms with Gasteiger partial charge in [-0.3, -0.25) is 0 Å². The van der Waals surface area contributed by atoms with Gasteiger partial charge >= 0.3 is 0 Å². The number of phenolic OH excluding ortho intramolecular Hbond substituents is 1. The lowest BCUT2D eigenvalue weighted by Crippen LogP contribution is -2.33. The van der Waals surface area contributed by atoms with E-state index in [1.807, 2.05) is 12.1 Å². The van der Waals surface area contributed by atoms with Gasteiger partial charge in [-0.25, -0.2) is 0 Å². The highest BCUT2D eigenvalue weighted by atomic mass is 16.5. The van der Waals surface area contributed by atoms with Crippen molar-refractivity contribution in [3.05, 3.63) is 53.6 Å². The van der Waals surface area contributed by atoms with Crippen LogP contribution in [0.2, 0.25) is 0 Å². The van der Waals surface area contributed by atoms with E-state index in [1.165, 1.54) is 60.8 Å². The number of ether oxygens (including phenoxy) is 2. The van der Waals surface area contributed by atoms with Crippen LogP contribution in [-0.2, 0) is 0 Å². The molecule has 2 fully saturated rings. The van der Waals surface area contributed by atoms with E-state index >= 15 is 0 Å². The van der Waals surface area contributed by atoms with Crippen LogP contribution in [0.1, 0.15) is 61.5 Å². The first-order valence-electron chi connectivity index (χ1n) is 11.7. The van der Waals surface area contributed by atoms with Crippen molar-refractivity contribution < 1.29 is 14.6 Å². The van der Waals surface area contributed by atoms with E-state index in [4.69, 9.17) is 9.47 Å². The van der Waals surface area contributed by atoms with Gasteiger partial charge in [-0.05, 0) is 101 Å². The molecule has 3 heteroatoms. The molecule has 1 N–H and O–H groups in total. The van der Waals surface area contributed by atoms with Gasteiger partial charge in [0.15, 0.2) is 0 Å². The molecule has 3 aromatic rings. The predicted octanol–water partition coefficient (Wildman–Crippen LogP) is 7.01. The average Bonchev–Trinajstić information content (AvgIpc) is 2.82. The van der Waals surface area contributed by atoms with Crippen LogP contribution in [0.25, 0.3) is 21.9 Å².